The summed E-state index contributed by atoms with van der Waals surface area (Å²) < 4.78 is 11.3. The number of amides is 3. The van der Waals surface area contributed by atoms with E-state index in [1.807, 2.05) is 34.6 Å². The number of rotatable bonds is 12. The summed E-state index contributed by atoms with van der Waals surface area (Å²) in [6.07, 6.45) is 0.776. The molecular weight excluding hydrogens is 494 g/mol. The third kappa shape index (κ3) is 10.4. The Bertz CT molecular complexity index is 888. The number of hydrogen-bond acceptors (Lipinski definition) is 7. The van der Waals surface area contributed by atoms with Gasteiger partial charge in [0, 0.05) is 13.0 Å². The van der Waals surface area contributed by atoms with Gasteiger partial charge in [-0.2, -0.15) is 0 Å². The smallest absolute Gasteiger partial charge is 0.407 e. The van der Waals surface area contributed by atoms with Crippen LogP contribution in [0.2, 0.25) is 0 Å². The van der Waals surface area contributed by atoms with Crippen molar-refractivity contribution in [3.05, 3.63) is 12.7 Å². The molecule has 11 nitrogen and oxygen atoms in total. The number of ketones is 1. The molecule has 1 heterocycles. The van der Waals surface area contributed by atoms with Crippen molar-refractivity contribution < 1.29 is 38.6 Å². The Kier molecular flexibility index (Phi) is 12.0. The van der Waals surface area contributed by atoms with Gasteiger partial charge in [0.2, 0.25) is 11.8 Å². The predicted octanol–water partition coefficient (Wildman–Crippen LogP) is 2.67. The standard InChI is InChI=1S/C27H45N3O8/c1-10-11-12-18(20(31)24(34)35)28-22(32)19-13-17(38-27(7,8)9)14-30(19)23(33)21(26(4,5)6)29-25(36)37-15-16(2)3/h10,16-19,21H,1,11-15H2,2-9H3,(H,28,32)(H,29,36)(H,34,35). The molecule has 0 bridgehead atoms. The van der Waals surface area contributed by atoms with Gasteiger partial charge in [-0.3, -0.25) is 14.4 Å². The summed E-state index contributed by atoms with van der Waals surface area (Å²) in [6, 6.07) is -3.34. The fraction of sp³-hybridized carbons (Fsp3) is 0.741. The van der Waals surface area contributed by atoms with Crippen molar-refractivity contribution in [2.45, 2.75) is 104 Å². The number of ether oxygens (including phenoxy) is 2. The highest BCUT2D eigenvalue weighted by atomic mass is 16.5. The fourth-order valence-electron chi connectivity index (χ4n) is 4.06. The van der Waals surface area contributed by atoms with Crippen molar-refractivity contribution in [1.82, 2.24) is 15.5 Å². The lowest BCUT2D eigenvalue weighted by atomic mass is 9.85. The third-order valence-corrected chi connectivity index (χ3v) is 5.79. The summed E-state index contributed by atoms with van der Waals surface area (Å²) in [7, 11) is 0. The third-order valence-electron chi connectivity index (χ3n) is 5.79. The van der Waals surface area contributed by atoms with E-state index < -0.39 is 64.9 Å². The predicted molar refractivity (Wildman–Crippen MR) is 141 cm³/mol. The number of carboxylic acids is 1. The van der Waals surface area contributed by atoms with Crippen LogP contribution in [0.25, 0.3) is 0 Å². The quantitative estimate of drug-likeness (QED) is 0.253. The zero-order chi connectivity index (χ0) is 29.4. The number of carboxylic acid groups (broad SMARTS) is 1. The van der Waals surface area contributed by atoms with Crippen molar-refractivity contribution in [3.8, 4) is 0 Å². The van der Waals surface area contributed by atoms with Crippen LogP contribution in [0, 0.1) is 11.3 Å². The Labute approximate surface area is 225 Å². The van der Waals surface area contributed by atoms with Crippen molar-refractivity contribution in [1.29, 1.82) is 0 Å². The minimum Gasteiger partial charge on any atom is -0.475 e. The molecular formula is C27H45N3O8. The van der Waals surface area contributed by atoms with Crippen LogP contribution >= 0.6 is 0 Å². The van der Waals surface area contributed by atoms with Gasteiger partial charge in [0.15, 0.2) is 0 Å². The first kappa shape index (κ1) is 33.1. The number of nitrogens with zero attached hydrogens (tertiary/aromatic N) is 1. The van der Waals surface area contributed by atoms with E-state index in [0.717, 1.165) is 0 Å². The van der Waals surface area contributed by atoms with Crippen LogP contribution in [0.3, 0.4) is 0 Å². The van der Waals surface area contributed by atoms with Crippen LogP contribution in [0.1, 0.15) is 74.7 Å². The molecule has 0 saturated carbocycles. The molecule has 38 heavy (non-hydrogen) atoms. The number of nitrogens with one attached hydrogen (secondary N) is 2. The largest absolute Gasteiger partial charge is 0.475 e. The van der Waals surface area contributed by atoms with Gasteiger partial charge in [0.1, 0.15) is 12.1 Å². The van der Waals surface area contributed by atoms with Crippen molar-refractivity contribution in [3.63, 3.8) is 0 Å². The zero-order valence-corrected chi connectivity index (χ0v) is 24.0. The summed E-state index contributed by atoms with van der Waals surface area (Å²) in [5, 5.41) is 14.4. The number of hydrogen-bond donors (Lipinski definition) is 3. The van der Waals surface area contributed by atoms with Crippen LogP contribution in [0.5, 0.6) is 0 Å². The van der Waals surface area contributed by atoms with E-state index in [9.17, 15) is 29.1 Å². The molecule has 1 rings (SSSR count). The van der Waals surface area contributed by atoms with Crippen LogP contribution in [-0.4, -0.2) is 82.6 Å². The summed E-state index contributed by atoms with van der Waals surface area (Å²) in [5.74, 6) is -3.89. The molecule has 1 fully saturated rings. The highest BCUT2D eigenvalue weighted by molar-refractivity contribution is 6.35. The molecule has 3 N–H and O–H groups in total. The van der Waals surface area contributed by atoms with Crippen molar-refractivity contribution >= 4 is 29.7 Å². The molecule has 0 aromatic carbocycles. The lowest BCUT2D eigenvalue weighted by molar-refractivity contribution is -0.151. The average Bonchev–Trinajstić information content (AvgIpc) is 3.19. The molecule has 1 saturated heterocycles. The molecule has 0 spiro atoms. The summed E-state index contributed by atoms with van der Waals surface area (Å²) >= 11 is 0. The summed E-state index contributed by atoms with van der Waals surface area (Å²) in [6.45, 7) is 18.5. The number of aliphatic carboxylic acids is 1. The number of allylic oxidation sites excluding steroid dienone is 1. The second kappa shape index (κ2) is 13.7. The van der Waals surface area contributed by atoms with Gasteiger partial charge < -0.3 is 30.1 Å². The number of carbonyl (C=O) groups is 5. The van der Waals surface area contributed by atoms with E-state index >= 15 is 0 Å². The fourth-order valence-corrected chi connectivity index (χ4v) is 4.06. The number of Topliss-reactive ketones (excluding diaryl/α,β-unsaturated/α-hetero) is 1. The van der Waals surface area contributed by atoms with E-state index in [1.165, 1.54) is 11.0 Å². The van der Waals surface area contributed by atoms with E-state index in [4.69, 9.17) is 9.47 Å². The zero-order valence-electron chi connectivity index (χ0n) is 24.0. The molecule has 216 valence electrons. The normalized spacial score (nSPS) is 19.4. The van der Waals surface area contributed by atoms with E-state index in [0.29, 0.717) is 6.42 Å². The van der Waals surface area contributed by atoms with Gasteiger partial charge >= 0.3 is 12.1 Å². The second-order valence-corrected chi connectivity index (χ2v) is 12.1. The lowest BCUT2D eigenvalue weighted by Crippen LogP contribution is -2.59. The van der Waals surface area contributed by atoms with E-state index in [-0.39, 0.29) is 31.9 Å². The molecule has 3 amide bonds. The Morgan fingerprint density at radius 3 is 2.16 bits per heavy atom. The van der Waals surface area contributed by atoms with Gasteiger partial charge in [0.25, 0.3) is 5.78 Å². The maximum atomic E-state index is 13.8. The van der Waals surface area contributed by atoms with Crippen molar-refractivity contribution in [2.75, 3.05) is 13.2 Å². The summed E-state index contributed by atoms with van der Waals surface area (Å²) in [5.41, 5.74) is -1.29. The monoisotopic (exact) mass is 539 g/mol. The maximum Gasteiger partial charge on any atom is 0.407 e. The molecule has 4 unspecified atom stereocenters. The Morgan fingerprint density at radius 1 is 1.08 bits per heavy atom. The molecule has 11 heteroatoms. The second-order valence-electron chi connectivity index (χ2n) is 12.1. The maximum absolute atomic E-state index is 13.8. The number of carbonyl (C=O) groups excluding carboxylic acids is 4. The van der Waals surface area contributed by atoms with Gasteiger partial charge in [-0.15, -0.1) is 6.58 Å². The van der Waals surface area contributed by atoms with Gasteiger partial charge in [-0.25, -0.2) is 9.59 Å². The van der Waals surface area contributed by atoms with Crippen molar-refractivity contribution in [2.24, 2.45) is 11.3 Å². The minimum absolute atomic E-state index is 0.0524. The molecule has 1 aliphatic heterocycles. The Hall–Kier alpha value is -2.95. The van der Waals surface area contributed by atoms with Gasteiger partial charge in [0.05, 0.1) is 24.4 Å². The molecule has 4 atom stereocenters. The summed E-state index contributed by atoms with van der Waals surface area (Å²) in [4.78, 5) is 64.6. The Balaban J connectivity index is 3.28. The molecule has 0 aromatic heterocycles. The molecule has 0 aromatic rings. The van der Waals surface area contributed by atoms with Crippen LogP contribution < -0.4 is 10.6 Å². The van der Waals surface area contributed by atoms with Gasteiger partial charge in [-0.1, -0.05) is 40.7 Å². The topological polar surface area (TPSA) is 151 Å². The lowest BCUT2D eigenvalue weighted by Gasteiger charge is -2.35. The highest BCUT2D eigenvalue weighted by Crippen LogP contribution is 2.29. The number of alkyl carbamates (subject to hydrolysis) is 1. The van der Waals surface area contributed by atoms with E-state index in [2.05, 4.69) is 17.2 Å². The Morgan fingerprint density at radius 2 is 1.68 bits per heavy atom. The van der Waals surface area contributed by atoms with Crippen LogP contribution in [0.4, 0.5) is 4.79 Å². The first-order valence-corrected chi connectivity index (χ1v) is 13.0. The average molecular weight is 540 g/mol. The van der Waals surface area contributed by atoms with E-state index in [1.54, 1.807) is 20.8 Å². The van der Waals surface area contributed by atoms with Crippen LogP contribution in [-0.2, 0) is 28.7 Å². The minimum atomic E-state index is -1.66. The number of likely N-dealkylation sites (tertiary alicyclic amines) is 1. The highest BCUT2D eigenvalue weighted by Gasteiger charge is 2.46. The molecule has 0 radical (unpaired) electrons. The first-order valence-electron chi connectivity index (χ1n) is 13.0. The SMILES string of the molecule is C=CCCC(NC(=O)C1CC(OC(C)(C)C)CN1C(=O)C(NC(=O)OCC(C)C)C(C)(C)C)C(=O)C(=O)O. The first-order chi connectivity index (χ1) is 17.4. The molecule has 0 aliphatic carbocycles. The molecule has 1 aliphatic rings. The van der Waals surface area contributed by atoms with Gasteiger partial charge in [-0.05, 0) is 44.9 Å². The van der Waals surface area contributed by atoms with Crippen LogP contribution in [0.15, 0.2) is 12.7 Å².